The fraction of sp³-hybridized carbons (Fsp3) is 0.238. The summed E-state index contributed by atoms with van der Waals surface area (Å²) in [5, 5.41) is 16.7. The number of aromatic nitrogens is 1. The molecule has 1 aliphatic carbocycles. The maximum absolute atomic E-state index is 11.7. The van der Waals surface area contributed by atoms with Crippen LogP contribution in [0, 0.1) is 4.91 Å². The van der Waals surface area contributed by atoms with Crippen LogP contribution in [0.3, 0.4) is 0 Å². The highest BCUT2D eigenvalue weighted by atomic mass is 16.3. The van der Waals surface area contributed by atoms with Crippen molar-refractivity contribution in [2.75, 3.05) is 0 Å². The lowest BCUT2D eigenvalue weighted by molar-refractivity contribution is 0.484. The minimum Gasteiger partial charge on any atom is -0.507 e. The molecule has 0 fully saturated rings. The molecular formula is C21H20N2O2. The Labute approximate surface area is 146 Å². The van der Waals surface area contributed by atoms with Crippen LogP contribution in [-0.2, 0) is 6.54 Å². The fourth-order valence-electron chi connectivity index (χ4n) is 3.80. The molecule has 2 aliphatic rings. The van der Waals surface area contributed by atoms with Gasteiger partial charge in [0, 0.05) is 22.7 Å². The van der Waals surface area contributed by atoms with Gasteiger partial charge in [-0.1, -0.05) is 44.2 Å². The van der Waals surface area contributed by atoms with Gasteiger partial charge in [0.25, 0.3) is 0 Å². The van der Waals surface area contributed by atoms with Crippen molar-refractivity contribution in [3.8, 4) is 17.0 Å². The summed E-state index contributed by atoms with van der Waals surface area (Å²) < 4.78 is 2.15. The van der Waals surface area contributed by atoms with Crippen molar-refractivity contribution in [3.05, 3.63) is 52.9 Å². The third-order valence-electron chi connectivity index (χ3n) is 5.06. The molecule has 4 rings (SSSR count). The largest absolute Gasteiger partial charge is 0.507 e. The Morgan fingerprint density at radius 1 is 1.08 bits per heavy atom. The van der Waals surface area contributed by atoms with E-state index in [0.717, 1.165) is 39.5 Å². The molecule has 126 valence electrons. The lowest BCUT2D eigenvalue weighted by atomic mass is 10.0. The van der Waals surface area contributed by atoms with Crippen LogP contribution in [-0.4, -0.2) is 9.67 Å². The number of rotatable bonds is 3. The predicted molar refractivity (Wildman–Crippen MR) is 103 cm³/mol. The highest BCUT2D eigenvalue weighted by molar-refractivity contribution is 6.15. The number of hydrogen-bond acceptors (Lipinski definition) is 3. The number of aryl methyl sites for hydroxylation is 1. The number of pyridine rings is 1. The lowest BCUT2D eigenvalue weighted by Crippen LogP contribution is -2.03. The first kappa shape index (κ1) is 15.6. The zero-order valence-corrected chi connectivity index (χ0v) is 14.6. The van der Waals surface area contributed by atoms with Crippen molar-refractivity contribution in [1.82, 2.24) is 4.57 Å². The van der Waals surface area contributed by atoms with Gasteiger partial charge in [-0.2, -0.15) is 0 Å². The Morgan fingerprint density at radius 3 is 2.52 bits per heavy atom. The maximum Gasteiger partial charge on any atom is 0.135 e. The molecule has 1 aliphatic heterocycles. The van der Waals surface area contributed by atoms with E-state index in [4.69, 9.17) is 0 Å². The summed E-state index contributed by atoms with van der Waals surface area (Å²) >= 11 is 0. The first-order valence-electron chi connectivity index (χ1n) is 8.61. The van der Waals surface area contributed by atoms with Crippen molar-refractivity contribution in [2.45, 2.75) is 33.2 Å². The van der Waals surface area contributed by atoms with Gasteiger partial charge in [-0.15, -0.1) is 4.91 Å². The van der Waals surface area contributed by atoms with E-state index in [2.05, 4.69) is 36.6 Å². The summed E-state index contributed by atoms with van der Waals surface area (Å²) in [5.41, 5.74) is 3.85. The minimum atomic E-state index is 0.148. The fourth-order valence-corrected chi connectivity index (χ4v) is 3.80. The van der Waals surface area contributed by atoms with Gasteiger partial charge in [-0.25, -0.2) is 0 Å². The Hall–Kier alpha value is -2.88. The molecule has 25 heavy (non-hydrogen) atoms. The smallest absolute Gasteiger partial charge is 0.135 e. The molecule has 4 heteroatoms. The van der Waals surface area contributed by atoms with Gasteiger partial charge in [-0.3, -0.25) is 0 Å². The van der Waals surface area contributed by atoms with E-state index in [-0.39, 0.29) is 5.75 Å². The number of aromatic hydroxyl groups is 1. The lowest BCUT2D eigenvalue weighted by Gasteiger charge is -2.17. The predicted octanol–water partition coefficient (Wildman–Crippen LogP) is 6.15. The third kappa shape index (κ3) is 2.07. The highest BCUT2D eigenvalue weighted by Crippen LogP contribution is 2.52. The van der Waals surface area contributed by atoms with Crippen molar-refractivity contribution in [1.29, 1.82) is 0 Å². The van der Waals surface area contributed by atoms with Crippen molar-refractivity contribution >= 4 is 27.4 Å². The average molecular weight is 332 g/mol. The molecule has 1 N–H and O–H groups in total. The van der Waals surface area contributed by atoms with Crippen molar-refractivity contribution in [3.63, 3.8) is 0 Å². The van der Waals surface area contributed by atoms with Gasteiger partial charge in [0.2, 0.25) is 0 Å². The van der Waals surface area contributed by atoms with Crippen LogP contribution in [0.25, 0.3) is 32.9 Å². The molecule has 0 spiro atoms. The van der Waals surface area contributed by atoms with E-state index in [1.54, 1.807) is 0 Å². The molecule has 1 heterocycles. The molecule has 0 unspecified atom stereocenters. The second-order valence-corrected chi connectivity index (χ2v) is 6.73. The molecule has 0 aromatic heterocycles. The first-order valence-corrected chi connectivity index (χ1v) is 8.61. The highest BCUT2D eigenvalue weighted by Gasteiger charge is 2.27. The first-order chi connectivity index (χ1) is 12.1. The van der Waals surface area contributed by atoms with E-state index in [1.165, 1.54) is 0 Å². The Kier molecular flexibility index (Phi) is 3.49. The second kappa shape index (κ2) is 5.59. The SMILES string of the molecule is CCn1c2c3ccc(C(C)C)cc3c(O)c-2c(N=O)c2ccccc21. The van der Waals surface area contributed by atoms with Crippen LogP contribution < -0.4 is 0 Å². The van der Waals surface area contributed by atoms with Crippen molar-refractivity contribution < 1.29 is 5.11 Å². The summed E-state index contributed by atoms with van der Waals surface area (Å²) in [5.74, 6) is 0.512. The summed E-state index contributed by atoms with van der Waals surface area (Å²) in [6, 6.07) is 13.9. The van der Waals surface area contributed by atoms with Crippen molar-refractivity contribution in [2.24, 2.45) is 5.18 Å². The molecule has 0 atom stereocenters. The minimum absolute atomic E-state index is 0.148. The number of hydrogen-bond donors (Lipinski definition) is 1. The summed E-state index contributed by atoms with van der Waals surface area (Å²) in [6.45, 7) is 7.05. The molecule has 0 saturated heterocycles. The monoisotopic (exact) mass is 332 g/mol. The molecule has 0 amide bonds. The maximum atomic E-state index is 11.7. The van der Waals surface area contributed by atoms with Crippen LogP contribution in [0.2, 0.25) is 0 Å². The van der Waals surface area contributed by atoms with Gasteiger partial charge < -0.3 is 9.67 Å². The zero-order chi connectivity index (χ0) is 17.7. The zero-order valence-electron chi connectivity index (χ0n) is 14.6. The van der Waals surface area contributed by atoms with E-state index in [1.807, 2.05) is 36.4 Å². The van der Waals surface area contributed by atoms with Gasteiger partial charge in [0.15, 0.2) is 0 Å². The van der Waals surface area contributed by atoms with E-state index in [0.29, 0.717) is 17.2 Å². The number of benzene rings is 2. The Bertz CT molecular complexity index is 1090. The molecular weight excluding hydrogens is 312 g/mol. The summed E-state index contributed by atoms with van der Waals surface area (Å²) in [6.07, 6.45) is 0. The van der Waals surface area contributed by atoms with Gasteiger partial charge in [0.05, 0.1) is 16.8 Å². The standard InChI is InChI=1S/C21H20N2O2/c1-4-23-17-8-6-5-7-15(17)19(22-25)18-20(23)14-10-9-13(12(2)3)11-16(14)21(18)24/h5-12,24H,4H2,1-3H3. The molecule has 2 aromatic carbocycles. The Morgan fingerprint density at radius 2 is 1.84 bits per heavy atom. The van der Waals surface area contributed by atoms with Crippen LogP contribution in [0.1, 0.15) is 32.3 Å². The van der Waals surface area contributed by atoms with Crippen LogP contribution >= 0.6 is 0 Å². The van der Waals surface area contributed by atoms with Crippen LogP contribution in [0.15, 0.2) is 47.6 Å². The van der Waals surface area contributed by atoms with Crippen LogP contribution in [0.5, 0.6) is 5.75 Å². The molecule has 0 saturated carbocycles. The number of fused-ring (bicyclic) bond motifs is 4. The molecule has 0 bridgehead atoms. The van der Waals surface area contributed by atoms with Gasteiger partial charge >= 0.3 is 0 Å². The second-order valence-electron chi connectivity index (χ2n) is 6.73. The summed E-state index contributed by atoms with van der Waals surface area (Å²) in [4.78, 5) is 11.7. The van der Waals surface area contributed by atoms with Crippen LogP contribution in [0.4, 0.5) is 5.69 Å². The normalized spacial score (nSPS) is 11.8. The number of para-hydroxylation sites is 1. The number of nitroso groups, excluding NO2 is 1. The topological polar surface area (TPSA) is 54.6 Å². The van der Waals surface area contributed by atoms with Gasteiger partial charge in [-0.05, 0) is 35.7 Å². The Balaban J connectivity index is 2.29. The van der Waals surface area contributed by atoms with E-state index >= 15 is 0 Å². The molecule has 2 aromatic rings. The average Bonchev–Trinajstić information content (AvgIpc) is 2.92. The summed E-state index contributed by atoms with van der Waals surface area (Å²) in [7, 11) is 0. The number of nitrogens with zero attached hydrogens (tertiary/aromatic N) is 2. The van der Waals surface area contributed by atoms with E-state index in [9.17, 15) is 10.0 Å². The quantitative estimate of drug-likeness (QED) is 0.458. The van der Waals surface area contributed by atoms with E-state index < -0.39 is 0 Å². The molecule has 4 nitrogen and oxygen atoms in total. The third-order valence-corrected chi connectivity index (χ3v) is 5.06. The van der Waals surface area contributed by atoms with Gasteiger partial charge in [0.1, 0.15) is 11.4 Å². The molecule has 0 radical (unpaired) electrons.